The Balaban J connectivity index is 1.42. The number of pyridine rings is 1. The molecule has 2 aliphatic rings. The van der Waals surface area contributed by atoms with Crippen LogP contribution in [0.3, 0.4) is 0 Å². The summed E-state index contributed by atoms with van der Waals surface area (Å²) < 4.78 is 15.5. The molecule has 0 spiro atoms. The average molecular weight is 523 g/mol. The van der Waals surface area contributed by atoms with Crippen molar-refractivity contribution in [3.63, 3.8) is 0 Å². The van der Waals surface area contributed by atoms with Gasteiger partial charge >= 0.3 is 0 Å². The summed E-state index contributed by atoms with van der Waals surface area (Å²) in [7, 11) is 0. The molecular weight excluding hydrogens is 504 g/mol. The van der Waals surface area contributed by atoms with Crippen LogP contribution in [0.25, 0.3) is 0 Å². The number of rotatable bonds is 3. The second kappa shape index (κ2) is 8.83. The van der Waals surface area contributed by atoms with Crippen LogP contribution in [-0.2, 0) is 26.1 Å². The van der Waals surface area contributed by atoms with Gasteiger partial charge in [0.2, 0.25) is 0 Å². The summed E-state index contributed by atoms with van der Waals surface area (Å²) in [5.74, 6) is -1.04. The van der Waals surface area contributed by atoms with Crippen molar-refractivity contribution in [1.29, 1.82) is 0 Å². The van der Waals surface area contributed by atoms with Crippen molar-refractivity contribution in [2.45, 2.75) is 39.0 Å². The molecular formula is C23H19Cl3FN5O2. The molecule has 5 rings (SSSR count). The third-order valence-electron chi connectivity index (χ3n) is 6.21. The van der Waals surface area contributed by atoms with Crippen LogP contribution in [0.15, 0.2) is 30.5 Å². The molecule has 2 aliphatic heterocycles. The highest BCUT2D eigenvalue weighted by atomic mass is 35.5. The van der Waals surface area contributed by atoms with E-state index in [4.69, 9.17) is 34.8 Å². The quantitative estimate of drug-likeness (QED) is 0.471. The van der Waals surface area contributed by atoms with Crippen LogP contribution in [-0.4, -0.2) is 49.0 Å². The Morgan fingerprint density at radius 3 is 2.71 bits per heavy atom. The van der Waals surface area contributed by atoms with E-state index >= 15 is 0 Å². The molecule has 34 heavy (non-hydrogen) atoms. The minimum Gasteiger partial charge on any atom is -0.331 e. The van der Waals surface area contributed by atoms with Crippen LogP contribution in [0, 0.1) is 5.82 Å². The molecule has 176 valence electrons. The summed E-state index contributed by atoms with van der Waals surface area (Å²) >= 11 is 17.8. The molecule has 1 aromatic carbocycles. The van der Waals surface area contributed by atoms with Crippen LogP contribution in [0.5, 0.6) is 0 Å². The second-order valence-corrected chi connectivity index (χ2v) is 9.63. The maximum Gasteiger partial charge on any atom is 0.272 e. The fourth-order valence-corrected chi connectivity index (χ4v) is 4.85. The molecule has 0 fully saturated rings. The third-order valence-corrected chi connectivity index (χ3v) is 7.23. The maximum absolute atomic E-state index is 13.8. The lowest BCUT2D eigenvalue weighted by Crippen LogP contribution is -2.44. The van der Waals surface area contributed by atoms with Crippen LogP contribution in [0.1, 0.15) is 44.6 Å². The van der Waals surface area contributed by atoms with Crippen molar-refractivity contribution >= 4 is 46.6 Å². The van der Waals surface area contributed by atoms with Gasteiger partial charge in [-0.3, -0.25) is 14.3 Å². The van der Waals surface area contributed by atoms with Gasteiger partial charge in [-0.1, -0.05) is 34.8 Å². The normalized spacial score (nSPS) is 17.6. The minimum atomic E-state index is -0.628. The Hall–Kier alpha value is -2.68. The number of carbonyl (C=O) groups excluding carboxylic acids is 2. The number of carbonyl (C=O) groups is 2. The summed E-state index contributed by atoms with van der Waals surface area (Å²) in [4.78, 5) is 33.8. The van der Waals surface area contributed by atoms with Gasteiger partial charge in [0.15, 0.2) is 11.0 Å². The zero-order valence-electron chi connectivity index (χ0n) is 18.1. The lowest BCUT2D eigenvalue weighted by atomic mass is 9.97. The van der Waals surface area contributed by atoms with Crippen molar-refractivity contribution in [2.75, 3.05) is 6.54 Å². The van der Waals surface area contributed by atoms with Gasteiger partial charge in [0.1, 0.15) is 5.69 Å². The first-order valence-corrected chi connectivity index (χ1v) is 11.8. The Labute approximate surface area is 210 Å². The Morgan fingerprint density at radius 1 is 1.18 bits per heavy atom. The molecule has 0 saturated heterocycles. The van der Waals surface area contributed by atoms with E-state index in [0.717, 1.165) is 11.3 Å². The molecule has 2 amide bonds. The van der Waals surface area contributed by atoms with E-state index in [1.165, 1.54) is 12.3 Å². The number of benzene rings is 1. The van der Waals surface area contributed by atoms with Crippen molar-refractivity contribution in [2.24, 2.45) is 0 Å². The van der Waals surface area contributed by atoms with Gasteiger partial charge in [-0.25, -0.2) is 9.37 Å². The molecule has 0 saturated carbocycles. The standard InChI is InChI=1S/C23H19Cl3FN5O2/c1-12-6-19-15(11-31(12)22(33)14-2-3-16(24)17(25)8-14)20-23(34)30(4-5-32(20)29-19)10-13-7-18(27)21(26)28-9-13/h2-3,7-9,12H,4-6,10-11H2,1H3/t12-/m1/s1. The molecule has 4 heterocycles. The van der Waals surface area contributed by atoms with Gasteiger partial charge in [-0.2, -0.15) is 5.10 Å². The topological polar surface area (TPSA) is 71.3 Å². The average Bonchev–Trinajstić information content (AvgIpc) is 3.16. The summed E-state index contributed by atoms with van der Waals surface area (Å²) in [5.41, 5.74) is 2.98. The van der Waals surface area contributed by atoms with Crippen molar-refractivity contribution < 1.29 is 14.0 Å². The predicted molar refractivity (Wildman–Crippen MR) is 126 cm³/mol. The summed E-state index contributed by atoms with van der Waals surface area (Å²) in [5, 5.41) is 5.13. The molecule has 0 unspecified atom stereocenters. The van der Waals surface area contributed by atoms with Crippen molar-refractivity contribution in [1.82, 2.24) is 24.6 Å². The van der Waals surface area contributed by atoms with Gasteiger partial charge in [-0.15, -0.1) is 0 Å². The lowest BCUT2D eigenvalue weighted by Gasteiger charge is -2.34. The SMILES string of the molecule is C[C@@H]1Cc2nn3c(c2CN1C(=O)c1ccc(Cl)c(Cl)c1)C(=O)N(Cc1cnc(Cl)c(F)c1)CC3. The van der Waals surface area contributed by atoms with Gasteiger partial charge in [0, 0.05) is 42.9 Å². The highest BCUT2D eigenvalue weighted by molar-refractivity contribution is 6.42. The molecule has 0 bridgehead atoms. The Morgan fingerprint density at radius 2 is 1.97 bits per heavy atom. The van der Waals surface area contributed by atoms with E-state index in [0.29, 0.717) is 46.4 Å². The molecule has 7 nitrogen and oxygen atoms in total. The van der Waals surface area contributed by atoms with Gasteiger partial charge in [0.25, 0.3) is 11.8 Å². The molecule has 0 N–H and O–H groups in total. The largest absolute Gasteiger partial charge is 0.331 e. The van der Waals surface area contributed by atoms with Crippen LogP contribution in [0.4, 0.5) is 4.39 Å². The second-order valence-electron chi connectivity index (χ2n) is 8.45. The number of aromatic nitrogens is 3. The number of hydrogen-bond acceptors (Lipinski definition) is 4. The molecule has 11 heteroatoms. The van der Waals surface area contributed by atoms with E-state index in [-0.39, 0.29) is 36.1 Å². The van der Waals surface area contributed by atoms with Gasteiger partial charge in [-0.05, 0) is 36.8 Å². The van der Waals surface area contributed by atoms with Crippen LogP contribution in [0.2, 0.25) is 15.2 Å². The van der Waals surface area contributed by atoms with E-state index in [1.54, 1.807) is 32.7 Å². The Bertz CT molecular complexity index is 1330. The van der Waals surface area contributed by atoms with Crippen molar-refractivity contribution in [3.05, 3.63) is 79.6 Å². The first kappa shape index (κ1) is 23.1. The summed E-state index contributed by atoms with van der Waals surface area (Å²) in [6, 6.07) is 5.95. The molecule has 3 aromatic rings. The highest BCUT2D eigenvalue weighted by Crippen LogP contribution is 2.31. The number of halogens is 4. The van der Waals surface area contributed by atoms with Crippen LogP contribution >= 0.6 is 34.8 Å². The van der Waals surface area contributed by atoms with Crippen LogP contribution < -0.4 is 0 Å². The zero-order valence-corrected chi connectivity index (χ0v) is 20.3. The highest BCUT2D eigenvalue weighted by Gasteiger charge is 2.37. The Kier molecular flexibility index (Phi) is 6.00. The van der Waals surface area contributed by atoms with E-state index in [9.17, 15) is 14.0 Å². The maximum atomic E-state index is 13.8. The minimum absolute atomic E-state index is 0.110. The number of hydrogen-bond donors (Lipinski definition) is 0. The first-order valence-electron chi connectivity index (χ1n) is 10.7. The number of nitrogens with zero attached hydrogens (tertiary/aromatic N) is 5. The predicted octanol–water partition coefficient (Wildman–Crippen LogP) is 4.62. The first-order chi connectivity index (χ1) is 16.2. The number of fused-ring (bicyclic) bond motifs is 3. The van der Waals surface area contributed by atoms with E-state index in [2.05, 4.69) is 10.1 Å². The lowest BCUT2D eigenvalue weighted by molar-refractivity contribution is 0.0637. The molecule has 0 radical (unpaired) electrons. The molecule has 0 aliphatic carbocycles. The summed E-state index contributed by atoms with van der Waals surface area (Å²) in [6.45, 7) is 3.33. The zero-order chi connectivity index (χ0) is 24.1. The van der Waals surface area contributed by atoms with Crippen molar-refractivity contribution in [3.8, 4) is 0 Å². The molecule has 1 atom stereocenters. The monoisotopic (exact) mass is 521 g/mol. The molecule has 2 aromatic heterocycles. The third kappa shape index (κ3) is 4.04. The van der Waals surface area contributed by atoms with Gasteiger partial charge < -0.3 is 9.80 Å². The van der Waals surface area contributed by atoms with E-state index < -0.39 is 5.82 Å². The van der Waals surface area contributed by atoms with Gasteiger partial charge in [0.05, 0.1) is 28.8 Å². The summed E-state index contributed by atoms with van der Waals surface area (Å²) in [6.07, 6.45) is 1.99. The van der Waals surface area contributed by atoms with E-state index in [1.807, 2.05) is 6.92 Å². The smallest absolute Gasteiger partial charge is 0.272 e. The fraction of sp³-hybridized carbons (Fsp3) is 0.304. The number of amides is 2. The fourth-order valence-electron chi connectivity index (χ4n) is 4.45.